The van der Waals surface area contributed by atoms with Crippen LogP contribution < -0.4 is 11.2 Å². The fraction of sp³-hybridized carbons (Fsp3) is 0.500. The standard InChI is InChI=1S/C8H15N2O11P3/c11-7-1-2-10(8(12)9-7)3-4-20-5-22(13,6-23(14,15)16)21-24(17,18)19/h1-2H,3-6H2,(H,9,11,12)(H2,14,15,16)(H2,17,18,19). The van der Waals surface area contributed by atoms with E-state index >= 15 is 0 Å². The number of hydrogen-bond acceptors (Lipinski definition) is 7. The first kappa shape index (κ1) is 21.2. The Morgan fingerprint density at radius 3 is 2.25 bits per heavy atom. The summed E-state index contributed by atoms with van der Waals surface area (Å²) in [4.78, 5) is 59.2. The second-order valence-electron chi connectivity index (χ2n) is 4.53. The molecule has 16 heteroatoms. The average molecular weight is 408 g/mol. The van der Waals surface area contributed by atoms with Crippen molar-refractivity contribution in [2.24, 2.45) is 0 Å². The van der Waals surface area contributed by atoms with Gasteiger partial charge in [-0.1, -0.05) is 0 Å². The van der Waals surface area contributed by atoms with Gasteiger partial charge < -0.3 is 24.3 Å². The van der Waals surface area contributed by atoms with Crippen molar-refractivity contribution in [2.75, 3.05) is 18.9 Å². The highest BCUT2D eigenvalue weighted by Gasteiger charge is 2.38. The van der Waals surface area contributed by atoms with Crippen LogP contribution in [0.1, 0.15) is 0 Å². The van der Waals surface area contributed by atoms with Gasteiger partial charge in [0.1, 0.15) is 12.3 Å². The normalized spacial score (nSPS) is 15.2. The van der Waals surface area contributed by atoms with E-state index < -0.39 is 46.3 Å². The van der Waals surface area contributed by atoms with E-state index in [1.807, 2.05) is 4.98 Å². The molecule has 1 heterocycles. The lowest BCUT2D eigenvalue weighted by molar-refractivity contribution is 0.156. The van der Waals surface area contributed by atoms with Gasteiger partial charge in [0.25, 0.3) is 5.56 Å². The van der Waals surface area contributed by atoms with Gasteiger partial charge in [0, 0.05) is 12.3 Å². The molecule has 0 aliphatic rings. The predicted octanol–water partition coefficient (Wildman–Crippen LogP) is -0.967. The SMILES string of the molecule is O=c1ccn(CCOCP(=O)(CP(=O)(O)O)OP(=O)(O)O)c(=O)[nH]1. The number of ether oxygens (including phenoxy) is 1. The van der Waals surface area contributed by atoms with Crippen molar-refractivity contribution in [3.05, 3.63) is 33.1 Å². The molecule has 1 rings (SSSR count). The monoisotopic (exact) mass is 408 g/mol. The van der Waals surface area contributed by atoms with Crippen LogP contribution in [-0.2, 0) is 29.3 Å². The Kier molecular flexibility index (Phi) is 7.06. The van der Waals surface area contributed by atoms with Crippen molar-refractivity contribution >= 4 is 22.8 Å². The third kappa shape index (κ3) is 8.29. The largest absolute Gasteiger partial charge is 0.475 e. The van der Waals surface area contributed by atoms with Gasteiger partial charge in [-0.05, 0) is 0 Å². The quantitative estimate of drug-likeness (QED) is 0.248. The van der Waals surface area contributed by atoms with Crippen LogP contribution in [0, 0.1) is 0 Å². The summed E-state index contributed by atoms with van der Waals surface area (Å²) in [5.74, 6) is -1.41. The maximum absolute atomic E-state index is 12.1. The van der Waals surface area contributed by atoms with Crippen molar-refractivity contribution in [1.29, 1.82) is 0 Å². The first-order chi connectivity index (χ1) is 10.8. The van der Waals surface area contributed by atoms with E-state index in [2.05, 4.69) is 4.31 Å². The molecule has 0 spiro atoms. The second kappa shape index (κ2) is 8.01. The molecule has 24 heavy (non-hydrogen) atoms. The molecular weight excluding hydrogens is 393 g/mol. The van der Waals surface area contributed by atoms with E-state index in [1.165, 1.54) is 0 Å². The molecule has 1 atom stereocenters. The highest BCUT2D eigenvalue weighted by Crippen LogP contribution is 2.65. The number of nitrogens with zero attached hydrogens (tertiary/aromatic N) is 1. The highest BCUT2D eigenvalue weighted by molar-refractivity contribution is 7.76. The Labute approximate surface area is 134 Å². The average Bonchev–Trinajstić information content (AvgIpc) is 2.31. The van der Waals surface area contributed by atoms with Crippen LogP contribution in [0.25, 0.3) is 0 Å². The smallest absolute Gasteiger partial charge is 0.369 e. The molecule has 0 saturated carbocycles. The van der Waals surface area contributed by atoms with Crippen LogP contribution in [0.4, 0.5) is 0 Å². The molecule has 0 amide bonds. The van der Waals surface area contributed by atoms with Gasteiger partial charge in [-0.3, -0.25) is 23.5 Å². The molecule has 1 aromatic heterocycles. The summed E-state index contributed by atoms with van der Waals surface area (Å²) >= 11 is 0. The molecule has 138 valence electrons. The van der Waals surface area contributed by atoms with Crippen molar-refractivity contribution in [2.45, 2.75) is 6.54 Å². The van der Waals surface area contributed by atoms with Gasteiger partial charge in [0.2, 0.25) is 7.37 Å². The molecule has 1 aromatic rings. The van der Waals surface area contributed by atoms with Gasteiger partial charge >= 0.3 is 21.1 Å². The van der Waals surface area contributed by atoms with Crippen molar-refractivity contribution < 1.29 is 42.3 Å². The molecule has 0 radical (unpaired) electrons. The maximum atomic E-state index is 12.1. The van der Waals surface area contributed by atoms with Gasteiger partial charge in [0.15, 0.2) is 0 Å². The van der Waals surface area contributed by atoms with Crippen molar-refractivity contribution in [3.8, 4) is 0 Å². The lowest BCUT2D eigenvalue weighted by Gasteiger charge is -2.19. The predicted molar refractivity (Wildman–Crippen MR) is 79.8 cm³/mol. The summed E-state index contributed by atoms with van der Waals surface area (Å²) in [6.07, 6.45) is 0.174. The van der Waals surface area contributed by atoms with Crippen LogP contribution in [-0.4, -0.2) is 48.0 Å². The molecule has 0 bridgehead atoms. The van der Waals surface area contributed by atoms with Crippen LogP contribution in [0.5, 0.6) is 0 Å². The van der Waals surface area contributed by atoms with Gasteiger partial charge in [-0.15, -0.1) is 0 Å². The summed E-state index contributed by atoms with van der Waals surface area (Å²) in [5, 5.41) is 0. The zero-order valence-electron chi connectivity index (χ0n) is 11.9. The summed E-state index contributed by atoms with van der Waals surface area (Å²) < 4.78 is 43.7. The Balaban J connectivity index is 2.70. The second-order valence-corrected chi connectivity index (χ2v) is 10.5. The molecule has 0 fully saturated rings. The Hall–Kier alpha value is -0.870. The van der Waals surface area contributed by atoms with Gasteiger partial charge in [-0.2, -0.15) is 0 Å². The topological polar surface area (TPSA) is 205 Å². The molecule has 1 unspecified atom stereocenters. The molecular formula is C8H15N2O11P3. The van der Waals surface area contributed by atoms with Crippen molar-refractivity contribution in [1.82, 2.24) is 9.55 Å². The van der Waals surface area contributed by atoms with Crippen molar-refractivity contribution in [3.63, 3.8) is 0 Å². The summed E-state index contributed by atoms with van der Waals surface area (Å²) in [7, 11) is -14.7. The third-order valence-electron chi connectivity index (χ3n) is 2.32. The van der Waals surface area contributed by atoms with Crippen LogP contribution >= 0.6 is 22.8 Å². The number of rotatable bonds is 9. The zero-order chi connectivity index (χ0) is 18.6. The lowest BCUT2D eigenvalue weighted by atomic mass is 10.6. The molecule has 0 aliphatic carbocycles. The minimum Gasteiger partial charge on any atom is -0.369 e. The minimum absolute atomic E-state index is 0.124. The Bertz CT molecular complexity index is 789. The first-order valence-electron chi connectivity index (χ1n) is 6.07. The summed E-state index contributed by atoms with van der Waals surface area (Å²) in [6, 6.07) is 1.07. The maximum Gasteiger partial charge on any atom is 0.475 e. The number of aromatic amines is 1. The van der Waals surface area contributed by atoms with E-state index in [0.717, 1.165) is 16.8 Å². The number of aromatic nitrogens is 2. The van der Waals surface area contributed by atoms with Crippen LogP contribution in [0.2, 0.25) is 0 Å². The van der Waals surface area contributed by atoms with E-state index in [9.17, 15) is 23.3 Å². The fourth-order valence-corrected chi connectivity index (χ4v) is 6.94. The van der Waals surface area contributed by atoms with E-state index in [-0.39, 0.29) is 13.2 Å². The highest BCUT2D eigenvalue weighted by atomic mass is 31.3. The van der Waals surface area contributed by atoms with Crippen LogP contribution in [0.15, 0.2) is 21.9 Å². The molecule has 5 N–H and O–H groups in total. The molecule has 13 nitrogen and oxygen atoms in total. The zero-order valence-corrected chi connectivity index (χ0v) is 14.6. The van der Waals surface area contributed by atoms with Crippen LogP contribution in [0.3, 0.4) is 0 Å². The fourth-order valence-electron chi connectivity index (χ4n) is 1.55. The number of nitrogens with one attached hydrogen (secondary N) is 1. The first-order valence-corrected chi connectivity index (χ1v) is 11.4. The summed E-state index contributed by atoms with van der Waals surface area (Å²) in [5.41, 5.74) is -1.35. The van der Waals surface area contributed by atoms with Gasteiger partial charge in [0.05, 0.1) is 13.2 Å². The summed E-state index contributed by atoms with van der Waals surface area (Å²) in [6.45, 7) is -0.428. The minimum atomic E-state index is -5.27. The molecule has 0 aromatic carbocycles. The number of hydrogen-bond donors (Lipinski definition) is 5. The number of phosphoric acid groups is 1. The van der Waals surface area contributed by atoms with E-state index in [0.29, 0.717) is 0 Å². The lowest BCUT2D eigenvalue weighted by Crippen LogP contribution is -2.29. The molecule has 0 saturated heterocycles. The van der Waals surface area contributed by atoms with E-state index in [4.69, 9.17) is 24.3 Å². The Morgan fingerprint density at radius 1 is 1.12 bits per heavy atom. The number of H-pyrrole nitrogens is 1. The van der Waals surface area contributed by atoms with E-state index in [1.54, 1.807) is 0 Å². The Morgan fingerprint density at radius 2 is 1.75 bits per heavy atom. The van der Waals surface area contributed by atoms with Gasteiger partial charge in [-0.25, -0.2) is 13.7 Å². The third-order valence-corrected chi connectivity index (χ3v) is 8.13. The molecule has 0 aliphatic heterocycles.